The van der Waals surface area contributed by atoms with Gasteiger partial charge in [0.05, 0.1) is 17.3 Å². The van der Waals surface area contributed by atoms with Gasteiger partial charge in [0.15, 0.2) is 0 Å². The Morgan fingerprint density at radius 3 is 2.55 bits per heavy atom. The maximum Gasteiger partial charge on any atom is 0.313 e. The van der Waals surface area contributed by atoms with Crippen LogP contribution in [0.15, 0.2) is 42.5 Å². The number of anilines is 2. The molecule has 2 amide bonds. The van der Waals surface area contributed by atoms with E-state index in [1.807, 2.05) is 6.07 Å². The molecule has 2 aromatic carbocycles. The molecule has 0 radical (unpaired) electrons. The summed E-state index contributed by atoms with van der Waals surface area (Å²) in [5.41, 5.74) is 4.39. The zero-order chi connectivity index (χ0) is 23.4. The largest absolute Gasteiger partial charge is 0.374 e. The van der Waals surface area contributed by atoms with Gasteiger partial charge in [0.25, 0.3) is 0 Å². The van der Waals surface area contributed by atoms with Gasteiger partial charge in [-0.1, -0.05) is 24.3 Å². The van der Waals surface area contributed by atoms with Crippen molar-refractivity contribution in [1.29, 1.82) is 5.26 Å². The number of fused-ring (bicyclic) bond motifs is 1. The Kier molecular flexibility index (Phi) is 6.92. The molecule has 33 heavy (non-hydrogen) atoms. The van der Waals surface area contributed by atoms with Gasteiger partial charge in [-0.15, -0.1) is 0 Å². The number of likely N-dealkylation sites (N-methyl/N-ethyl adjacent to an activating group) is 2. The first-order valence-corrected chi connectivity index (χ1v) is 11.3. The number of carbonyl (C=O) groups is 2. The fourth-order valence-electron chi connectivity index (χ4n) is 4.52. The molecule has 0 saturated carbocycles. The van der Waals surface area contributed by atoms with Gasteiger partial charge in [-0.2, -0.15) is 5.26 Å². The maximum atomic E-state index is 12.6. The Balaban J connectivity index is 1.47. The lowest BCUT2D eigenvalue weighted by atomic mass is 10.00. The molecule has 1 atom stereocenters. The fraction of sp³-hybridized carbons (Fsp3) is 0.400. The molecule has 0 spiro atoms. The molecule has 2 aliphatic rings. The third-order valence-corrected chi connectivity index (χ3v) is 6.55. The van der Waals surface area contributed by atoms with Gasteiger partial charge in [-0.05, 0) is 42.8 Å². The summed E-state index contributed by atoms with van der Waals surface area (Å²) in [4.78, 5) is 32.0. The van der Waals surface area contributed by atoms with Gasteiger partial charge in [-0.25, -0.2) is 0 Å². The third-order valence-electron chi connectivity index (χ3n) is 6.55. The van der Waals surface area contributed by atoms with Crippen molar-refractivity contribution in [3.05, 3.63) is 59.2 Å². The molecule has 2 heterocycles. The Morgan fingerprint density at radius 1 is 1.03 bits per heavy atom. The summed E-state index contributed by atoms with van der Waals surface area (Å²) >= 11 is 0. The minimum Gasteiger partial charge on any atom is -0.374 e. The molecule has 0 bridgehead atoms. The summed E-state index contributed by atoms with van der Waals surface area (Å²) in [6.07, 6.45) is 1.02. The Morgan fingerprint density at radius 2 is 1.79 bits per heavy atom. The summed E-state index contributed by atoms with van der Waals surface area (Å²) < 4.78 is 0. The topological polar surface area (TPSA) is 91.7 Å². The van der Waals surface area contributed by atoms with Crippen LogP contribution in [0.25, 0.3) is 0 Å². The standard InChI is InChI=1S/C25H30N6O2/c1-29-11-13-31(14-12-29)23(18-7-8-22-19(15-18)9-10-30(22)2)17-27-24(32)25(33)28-21-6-4-3-5-20(21)16-26/h3-8,15,23H,9-14,17H2,1-2H3,(H,27,32)(H,28,33)/t23-/m1/s1. The van der Waals surface area contributed by atoms with Crippen molar-refractivity contribution >= 4 is 23.2 Å². The summed E-state index contributed by atoms with van der Waals surface area (Å²) in [6, 6.07) is 15.2. The van der Waals surface area contributed by atoms with Gasteiger partial charge < -0.3 is 20.4 Å². The zero-order valence-corrected chi connectivity index (χ0v) is 19.2. The number of nitrogens with one attached hydrogen (secondary N) is 2. The van der Waals surface area contributed by atoms with Crippen molar-refractivity contribution in [2.45, 2.75) is 12.5 Å². The number of nitrogens with zero attached hydrogens (tertiary/aromatic N) is 4. The highest BCUT2D eigenvalue weighted by molar-refractivity contribution is 6.39. The second-order valence-electron chi connectivity index (χ2n) is 8.74. The normalized spacial score (nSPS) is 17.2. The lowest BCUT2D eigenvalue weighted by molar-refractivity contribution is -0.136. The van der Waals surface area contributed by atoms with E-state index in [9.17, 15) is 14.9 Å². The highest BCUT2D eigenvalue weighted by Crippen LogP contribution is 2.31. The summed E-state index contributed by atoms with van der Waals surface area (Å²) in [5, 5.41) is 14.6. The highest BCUT2D eigenvalue weighted by atomic mass is 16.2. The second-order valence-corrected chi connectivity index (χ2v) is 8.74. The first-order chi connectivity index (χ1) is 16.0. The minimum absolute atomic E-state index is 0.0157. The maximum absolute atomic E-state index is 12.6. The minimum atomic E-state index is -0.773. The summed E-state index contributed by atoms with van der Waals surface area (Å²) in [7, 11) is 4.22. The van der Waals surface area contributed by atoms with Crippen LogP contribution in [0.5, 0.6) is 0 Å². The van der Waals surface area contributed by atoms with Gasteiger partial charge in [0.1, 0.15) is 6.07 Å². The molecule has 0 unspecified atom stereocenters. The molecule has 2 aromatic rings. The van der Waals surface area contributed by atoms with E-state index >= 15 is 0 Å². The average molecular weight is 447 g/mol. The number of benzene rings is 2. The molecule has 4 rings (SSSR count). The molecule has 8 heteroatoms. The van der Waals surface area contributed by atoms with Crippen LogP contribution >= 0.6 is 0 Å². The molecule has 1 fully saturated rings. The average Bonchev–Trinajstić information content (AvgIpc) is 3.20. The van der Waals surface area contributed by atoms with E-state index in [1.165, 1.54) is 11.3 Å². The molecule has 2 N–H and O–H groups in total. The van der Waals surface area contributed by atoms with Crippen LogP contribution < -0.4 is 15.5 Å². The van der Waals surface area contributed by atoms with E-state index in [1.54, 1.807) is 24.3 Å². The van der Waals surface area contributed by atoms with Crippen LogP contribution in [0.1, 0.15) is 22.7 Å². The Hall–Kier alpha value is -3.41. The number of hydrogen-bond acceptors (Lipinski definition) is 6. The highest BCUT2D eigenvalue weighted by Gasteiger charge is 2.27. The SMILES string of the molecule is CN1CCN([C@H](CNC(=O)C(=O)Nc2ccccc2C#N)c2ccc3c(c2)CCN3C)CC1. The van der Waals surface area contributed by atoms with Gasteiger partial charge in [0, 0.05) is 52.0 Å². The van der Waals surface area contributed by atoms with Crippen LogP contribution in [0.2, 0.25) is 0 Å². The van der Waals surface area contributed by atoms with E-state index in [-0.39, 0.29) is 6.04 Å². The first-order valence-electron chi connectivity index (χ1n) is 11.3. The predicted octanol–water partition coefficient (Wildman–Crippen LogP) is 1.59. The predicted molar refractivity (Wildman–Crippen MR) is 128 cm³/mol. The Bertz CT molecular complexity index is 1070. The number of amides is 2. The van der Waals surface area contributed by atoms with Gasteiger partial charge in [0.2, 0.25) is 0 Å². The van der Waals surface area contributed by atoms with Crippen LogP contribution in [0.4, 0.5) is 11.4 Å². The van der Waals surface area contributed by atoms with Crippen molar-refractivity contribution in [1.82, 2.24) is 15.1 Å². The van der Waals surface area contributed by atoms with Crippen molar-refractivity contribution in [2.75, 3.05) is 63.6 Å². The molecular formula is C25H30N6O2. The lowest BCUT2D eigenvalue weighted by Gasteiger charge is -2.38. The smallest absolute Gasteiger partial charge is 0.313 e. The summed E-state index contributed by atoms with van der Waals surface area (Å²) in [5.74, 6) is -1.48. The first kappa shape index (κ1) is 22.8. The fourth-order valence-corrected chi connectivity index (χ4v) is 4.52. The van der Waals surface area contributed by atoms with Crippen molar-refractivity contribution in [2.24, 2.45) is 0 Å². The van der Waals surface area contributed by atoms with Gasteiger partial charge >= 0.3 is 11.8 Å². The van der Waals surface area contributed by atoms with Crippen LogP contribution in [0, 0.1) is 11.3 Å². The monoisotopic (exact) mass is 446 g/mol. The van der Waals surface area contributed by atoms with E-state index in [2.05, 4.69) is 57.6 Å². The van der Waals surface area contributed by atoms with Crippen molar-refractivity contribution in [3.63, 3.8) is 0 Å². The molecule has 2 aliphatic heterocycles. The van der Waals surface area contributed by atoms with E-state index in [4.69, 9.17) is 0 Å². The van der Waals surface area contributed by atoms with Crippen LogP contribution in [0.3, 0.4) is 0 Å². The van der Waals surface area contributed by atoms with Crippen molar-refractivity contribution < 1.29 is 9.59 Å². The second kappa shape index (κ2) is 10.0. The number of para-hydroxylation sites is 1. The number of piperazine rings is 1. The van der Waals surface area contributed by atoms with E-state index < -0.39 is 11.8 Å². The number of rotatable bonds is 5. The van der Waals surface area contributed by atoms with Crippen LogP contribution in [-0.4, -0.2) is 75.0 Å². The lowest BCUT2D eigenvalue weighted by Crippen LogP contribution is -2.49. The van der Waals surface area contributed by atoms with Gasteiger partial charge in [-0.3, -0.25) is 14.5 Å². The molecule has 1 saturated heterocycles. The number of carbonyl (C=O) groups excluding carboxylic acids is 2. The molecule has 8 nitrogen and oxygen atoms in total. The third kappa shape index (κ3) is 5.16. The summed E-state index contributed by atoms with van der Waals surface area (Å²) in [6.45, 7) is 5.07. The number of hydrogen-bond donors (Lipinski definition) is 2. The molecular weight excluding hydrogens is 416 g/mol. The van der Waals surface area contributed by atoms with Crippen LogP contribution in [-0.2, 0) is 16.0 Å². The Labute approximate surface area is 194 Å². The number of nitriles is 1. The molecule has 172 valence electrons. The van der Waals surface area contributed by atoms with Crippen molar-refractivity contribution in [3.8, 4) is 6.07 Å². The van der Waals surface area contributed by atoms with E-state index in [0.717, 1.165) is 44.7 Å². The van der Waals surface area contributed by atoms with E-state index in [0.29, 0.717) is 17.8 Å². The molecule has 0 aromatic heterocycles. The zero-order valence-electron chi connectivity index (χ0n) is 19.2. The molecule has 0 aliphatic carbocycles. The quantitative estimate of drug-likeness (QED) is 0.678.